The lowest BCUT2D eigenvalue weighted by atomic mass is 10.2. The number of thiazole rings is 1. The van der Waals surface area contributed by atoms with Crippen molar-refractivity contribution in [3.8, 4) is 0 Å². The molecule has 0 unspecified atom stereocenters. The SMILES string of the molecule is Cc1cn2c(CN(C)C(=O)c3ccc([N+](=O)[O-])cn3)c(C)nc2s1. The van der Waals surface area contributed by atoms with Crippen molar-refractivity contribution >= 4 is 27.9 Å². The molecule has 9 heteroatoms. The molecule has 0 aliphatic rings. The third kappa shape index (κ3) is 2.85. The molecule has 3 aromatic rings. The van der Waals surface area contributed by atoms with Crippen molar-refractivity contribution in [3.63, 3.8) is 0 Å². The second kappa shape index (κ2) is 6.00. The van der Waals surface area contributed by atoms with Crippen LogP contribution in [0.25, 0.3) is 4.96 Å². The summed E-state index contributed by atoms with van der Waals surface area (Å²) in [7, 11) is 1.67. The Morgan fingerprint density at radius 3 is 2.79 bits per heavy atom. The molecule has 3 aromatic heterocycles. The number of hydrogen-bond donors (Lipinski definition) is 0. The molecule has 0 radical (unpaired) electrons. The molecule has 124 valence electrons. The van der Waals surface area contributed by atoms with E-state index < -0.39 is 4.92 Å². The summed E-state index contributed by atoms with van der Waals surface area (Å²) in [5.74, 6) is -0.300. The number of imidazole rings is 1. The van der Waals surface area contributed by atoms with Gasteiger partial charge in [0.2, 0.25) is 0 Å². The van der Waals surface area contributed by atoms with Crippen molar-refractivity contribution in [1.29, 1.82) is 0 Å². The predicted octanol–water partition coefficient (Wildman–Crippen LogP) is 2.59. The normalized spacial score (nSPS) is 11.0. The van der Waals surface area contributed by atoms with E-state index in [9.17, 15) is 14.9 Å². The fourth-order valence-corrected chi connectivity index (χ4v) is 3.30. The maximum absolute atomic E-state index is 12.5. The van der Waals surface area contributed by atoms with Crippen molar-refractivity contribution in [2.75, 3.05) is 7.05 Å². The van der Waals surface area contributed by atoms with Crippen LogP contribution in [0.15, 0.2) is 24.5 Å². The van der Waals surface area contributed by atoms with Gasteiger partial charge in [0.25, 0.3) is 11.6 Å². The quantitative estimate of drug-likeness (QED) is 0.535. The number of aryl methyl sites for hydroxylation is 2. The van der Waals surface area contributed by atoms with Crippen LogP contribution in [0.2, 0.25) is 0 Å². The van der Waals surface area contributed by atoms with Crippen LogP contribution < -0.4 is 0 Å². The third-order valence-corrected chi connectivity index (χ3v) is 4.55. The highest BCUT2D eigenvalue weighted by Gasteiger charge is 2.19. The third-order valence-electron chi connectivity index (χ3n) is 3.65. The lowest BCUT2D eigenvalue weighted by Crippen LogP contribution is -2.27. The molecule has 0 saturated heterocycles. The van der Waals surface area contributed by atoms with E-state index in [2.05, 4.69) is 9.97 Å². The number of amides is 1. The Morgan fingerprint density at radius 1 is 1.42 bits per heavy atom. The molecule has 3 rings (SSSR count). The van der Waals surface area contributed by atoms with Crippen LogP contribution in [0.5, 0.6) is 0 Å². The molecule has 8 nitrogen and oxygen atoms in total. The summed E-state index contributed by atoms with van der Waals surface area (Å²) in [6.45, 7) is 4.29. The molecule has 0 N–H and O–H groups in total. The Labute approximate surface area is 141 Å². The first-order valence-electron chi connectivity index (χ1n) is 7.16. The van der Waals surface area contributed by atoms with Gasteiger partial charge in [-0.25, -0.2) is 9.97 Å². The van der Waals surface area contributed by atoms with Crippen LogP contribution in [0.3, 0.4) is 0 Å². The first-order valence-corrected chi connectivity index (χ1v) is 7.98. The summed E-state index contributed by atoms with van der Waals surface area (Å²) in [5.41, 5.74) is 1.84. The van der Waals surface area contributed by atoms with Gasteiger partial charge in [0.1, 0.15) is 11.9 Å². The van der Waals surface area contributed by atoms with Crippen LogP contribution in [0, 0.1) is 24.0 Å². The molecular weight excluding hydrogens is 330 g/mol. The highest BCUT2D eigenvalue weighted by Crippen LogP contribution is 2.22. The number of aromatic nitrogens is 3. The van der Waals surface area contributed by atoms with Crippen molar-refractivity contribution in [2.45, 2.75) is 20.4 Å². The Morgan fingerprint density at radius 2 is 2.17 bits per heavy atom. The van der Waals surface area contributed by atoms with Gasteiger partial charge >= 0.3 is 0 Å². The number of rotatable bonds is 4. The van der Waals surface area contributed by atoms with E-state index in [-0.39, 0.29) is 17.3 Å². The molecule has 3 heterocycles. The number of carbonyl (C=O) groups excluding carboxylic acids is 1. The largest absolute Gasteiger partial charge is 0.334 e. The molecular formula is C15H15N5O3S. The maximum atomic E-state index is 12.5. The fourth-order valence-electron chi connectivity index (χ4n) is 2.41. The molecule has 0 fully saturated rings. The Kier molecular flexibility index (Phi) is 4.02. The first-order chi connectivity index (χ1) is 11.4. The van der Waals surface area contributed by atoms with Gasteiger partial charge in [0.15, 0.2) is 4.96 Å². The minimum Gasteiger partial charge on any atom is -0.334 e. The van der Waals surface area contributed by atoms with E-state index in [1.165, 1.54) is 17.0 Å². The van der Waals surface area contributed by atoms with Crippen LogP contribution in [-0.4, -0.2) is 37.1 Å². The van der Waals surface area contributed by atoms with Gasteiger partial charge in [0, 0.05) is 24.2 Å². The summed E-state index contributed by atoms with van der Waals surface area (Å²) < 4.78 is 1.99. The van der Waals surface area contributed by atoms with Gasteiger partial charge in [-0.2, -0.15) is 0 Å². The Balaban J connectivity index is 1.82. The fraction of sp³-hybridized carbons (Fsp3) is 0.267. The molecule has 0 saturated carbocycles. The Hall–Kier alpha value is -2.81. The van der Waals surface area contributed by atoms with Gasteiger partial charge in [-0.3, -0.25) is 19.3 Å². The molecule has 0 bridgehead atoms. The summed E-state index contributed by atoms with van der Waals surface area (Å²) in [5, 5.41) is 10.7. The zero-order chi connectivity index (χ0) is 17.4. The standard InChI is InChI=1S/C15H15N5O3S/c1-9-7-19-13(10(2)17-15(19)24-9)8-18(3)14(21)12-5-4-11(6-16-12)20(22)23/h4-7H,8H2,1-3H3. The maximum Gasteiger partial charge on any atom is 0.287 e. The van der Waals surface area contributed by atoms with Crippen LogP contribution in [-0.2, 0) is 6.54 Å². The van der Waals surface area contributed by atoms with E-state index >= 15 is 0 Å². The average molecular weight is 345 g/mol. The number of carbonyl (C=O) groups is 1. The van der Waals surface area contributed by atoms with Crippen LogP contribution in [0.1, 0.15) is 26.8 Å². The lowest BCUT2D eigenvalue weighted by Gasteiger charge is -2.16. The van der Waals surface area contributed by atoms with Gasteiger partial charge in [-0.15, -0.1) is 11.3 Å². The van der Waals surface area contributed by atoms with E-state index in [1.807, 2.05) is 24.4 Å². The lowest BCUT2D eigenvalue weighted by molar-refractivity contribution is -0.385. The van der Waals surface area contributed by atoms with Gasteiger partial charge in [0.05, 0.1) is 22.9 Å². The topological polar surface area (TPSA) is 93.6 Å². The highest BCUT2D eigenvalue weighted by molar-refractivity contribution is 7.17. The number of pyridine rings is 1. The average Bonchev–Trinajstić information content (AvgIpc) is 3.03. The van der Waals surface area contributed by atoms with E-state index in [1.54, 1.807) is 18.4 Å². The number of nitrogens with zero attached hydrogens (tertiary/aromatic N) is 5. The minimum absolute atomic E-state index is 0.142. The Bertz CT molecular complexity index is 929. The smallest absolute Gasteiger partial charge is 0.287 e. The second-order valence-electron chi connectivity index (χ2n) is 5.46. The van der Waals surface area contributed by atoms with Crippen molar-refractivity contribution in [3.05, 3.63) is 56.6 Å². The summed E-state index contributed by atoms with van der Waals surface area (Å²) >= 11 is 1.60. The van der Waals surface area contributed by atoms with E-state index in [0.717, 1.165) is 27.4 Å². The number of nitro groups is 1. The molecule has 0 aromatic carbocycles. The monoisotopic (exact) mass is 345 g/mol. The second-order valence-corrected chi connectivity index (χ2v) is 6.67. The molecule has 0 atom stereocenters. The zero-order valence-electron chi connectivity index (χ0n) is 13.4. The van der Waals surface area contributed by atoms with E-state index in [0.29, 0.717) is 6.54 Å². The minimum atomic E-state index is -0.545. The molecule has 24 heavy (non-hydrogen) atoms. The highest BCUT2D eigenvalue weighted by atomic mass is 32.1. The predicted molar refractivity (Wildman–Crippen MR) is 89.2 cm³/mol. The van der Waals surface area contributed by atoms with Crippen molar-refractivity contribution < 1.29 is 9.72 Å². The van der Waals surface area contributed by atoms with Crippen LogP contribution in [0.4, 0.5) is 5.69 Å². The van der Waals surface area contributed by atoms with Crippen molar-refractivity contribution in [2.24, 2.45) is 0 Å². The molecule has 0 aliphatic carbocycles. The van der Waals surface area contributed by atoms with Gasteiger partial charge in [-0.05, 0) is 19.9 Å². The van der Waals surface area contributed by atoms with Gasteiger partial charge in [-0.1, -0.05) is 0 Å². The molecule has 0 aliphatic heterocycles. The first kappa shape index (κ1) is 16.1. The van der Waals surface area contributed by atoms with E-state index in [4.69, 9.17) is 0 Å². The number of hydrogen-bond acceptors (Lipinski definition) is 6. The zero-order valence-corrected chi connectivity index (χ0v) is 14.2. The number of fused-ring (bicyclic) bond motifs is 1. The van der Waals surface area contributed by atoms with Gasteiger partial charge < -0.3 is 4.90 Å². The van der Waals surface area contributed by atoms with Crippen LogP contribution >= 0.6 is 11.3 Å². The molecule has 0 spiro atoms. The van der Waals surface area contributed by atoms with Crippen molar-refractivity contribution in [1.82, 2.24) is 19.3 Å². The molecule has 1 amide bonds. The summed E-state index contributed by atoms with van der Waals surface area (Å²) in [6, 6.07) is 2.64. The summed E-state index contributed by atoms with van der Waals surface area (Å²) in [4.78, 5) is 34.5. The summed E-state index contributed by atoms with van der Waals surface area (Å²) in [6.07, 6.45) is 3.09.